The minimum Gasteiger partial charge on any atom is -0.377 e. The molecule has 1 aromatic rings. The summed E-state index contributed by atoms with van der Waals surface area (Å²) in [7, 11) is 5.96. The molecule has 1 atom stereocenters. The summed E-state index contributed by atoms with van der Waals surface area (Å²) in [6, 6.07) is 11.0. The minimum atomic E-state index is -0.257. The van der Waals surface area contributed by atoms with Gasteiger partial charge in [0.05, 0.1) is 12.1 Å². The minimum absolute atomic E-state index is 0.257. The van der Waals surface area contributed by atoms with Crippen LogP contribution in [-0.4, -0.2) is 63.3 Å². The van der Waals surface area contributed by atoms with Crippen LogP contribution in [0.3, 0.4) is 0 Å². The smallest absolute Gasteiger partial charge is 0.191 e. The lowest BCUT2D eigenvalue weighted by Gasteiger charge is -2.26. The largest absolute Gasteiger partial charge is 0.377 e. The third kappa shape index (κ3) is 7.79. The topological polar surface area (TPSA) is 48.9 Å². The van der Waals surface area contributed by atoms with Crippen LogP contribution < -0.4 is 10.6 Å². The zero-order valence-corrected chi connectivity index (χ0v) is 16.1. The Morgan fingerprint density at radius 2 is 1.88 bits per heavy atom. The van der Waals surface area contributed by atoms with Gasteiger partial charge in [-0.25, -0.2) is 0 Å². The van der Waals surface area contributed by atoms with Gasteiger partial charge in [0.25, 0.3) is 0 Å². The molecule has 0 bridgehead atoms. The maximum Gasteiger partial charge on any atom is 0.191 e. The number of methoxy groups -OCH3 is 1. The number of nitrogens with one attached hydrogen (secondary N) is 2. The van der Waals surface area contributed by atoms with Crippen molar-refractivity contribution in [2.75, 3.05) is 40.8 Å². The predicted octanol–water partition coefficient (Wildman–Crippen LogP) is 2.14. The number of ether oxygens (including phenoxy) is 1. The number of aliphatic imine (C=N–C) groups is 1. The zero-order chi connectivity index (χ0) is 18.0. The van der Waals surface area contributed by atoms with E-state index in [1.165, 1.54) is 5.56 Å². The van der Waals surface area contributed by atoms with Crippen LogP contribution in [-0.2, 0) is 11.2 Å². The standard InChI is InChI=1S/C19H34N4O/c1-7-20-18(22-15-19(2,3)24-6)21-14-17(23(4)5)13-16-11-9-8-10-12-16/h8-12,17H,7,13-15H2,1-6H3,(H2,20,21,22). The molecule has 0 spiro atoms. The predicted molar refractivity (Wildman–Crippen MR) is 103 cm³/mol. The molecule has 1 unspecified atom stereocenters. The van der Waals surface area contributed by atoms with Gasteiger partial charge in [-0.2, -0.15) is 0 Å². The Bertz CT molecular complexity index is 485. The van der Waals surface area contributed by atoms with Crippen molar-refractivity contribution in [3.05, 3.63) is 35.9 Å². The molecule has 24 heavy (non-hydrogen) atoms. The van der Waals surface area contributed by atoms with E-state index < -0.39 is 0 Å². The highest BCUT2D eigenvalue weighted by molar-refractivity contribution is 5.79. The van der Waals surface area contributed by atoms with Crippen LogP contribution in [0.4, 0.5) is 0 Å². The Morgan fingerprint density at radius 3 is 2.42 bits per heavy atom. The average molecular weight is 335 g/mol. The average Bonchev–Trinajstić information content (AvgIpc) is 2.56. The van der Waals surface area contributed by atoms with E-state index in [1.54, 1.807) is 7.11 Å². The SMILES string of the molecule is CCNC(=NCC(C)(C)OC)NCC(Cc1ccccc1)N(C)C. The van der Waals surface area contributed by atoms with Crippen molar-refractivity contribution in [1.29, 1.82) is 0 Å². The Labute approximate surface area is 147 Å². The molecule has 0 aliphatic heterocycles. The molecule has 0 amide bonds. The van der Waals surface area contributed by atoms with Crippen LogP contribution in [0, 0.1) is 0 Å². The van der Waals surface area contributed by atoms with Gasteiger partial charge >= 0.3 is 0 Å². The lowest BCUT2D eigenvalue weighted by atomic mass is 10.1. The summed E-state index contributed by atoms with van der Waals surface area (Å²) in [4.78, 5) is 6.90. The molecular weight excluding hydrogens is 300 g/mol. The second-order valence-electron chi connectivity index (χ2n) is 6.85. The lowest BCUT2D eigenvalue weighted by Crippen LogP contribution is -2.46. The van der Waals surface area contributed by atoms with Crippen LogP contribution in [0.5, 0.6) is 0 Å². The van der Waals surface area contributed by atoms with Gasteiger partial charge in [0, 0.05) is 26.2 Å². The van der Waals surface area contributed by atoms with Gasteiger partial charge < -0.3 is 20.3 Å². The second kappa shape index (κ2) is 10.3. The van der Waals surface area contributed by atoms with Crippen molar-refractivity contribution < 1.29 is 4.74 Å². The Balaban J connectivity index is 2.65. The molecule has 1 aromatic carbocycles. The van der Waals surface area contributed by atoms with Crippen molar-refractivity contribution in [2.24, 2.45) is 4.99 Å². The monoisotopic (exact) mass is 334 g/mol. The number of likely N-dealkylation sites (N-methyl/N-ethyl adjacent to an activating group) is 1. The van der Waals surface area contributed by atoms with Crippen molar-refractivity contribution >= 4 is 5.96 Å². The van der Waals surface area contributed by atoms with Crippen molar-refractivity contribution in [2.45, 2.75) is 38.8 Å². The first-order valence-electron chi connectivity index (χ1n) is 8.65. The van der Waals surface area contributed by atoms with Crippen molar-refractivity contribution in [1.82, 2.24) is 15.5 Å². The summed E-state index contributed by atoms with van der Waals surface area (Å²) < 4.78 is 5.44. The van der Waals surface area contributed by atoms with E-state index in [1.807, 2.05) is 13.8 Å². The fourth-order valence-electron chi connectivity index (χ4n) is 2.21. The Kier molecular flexibility index (Phi) is 8.79. The Morgan fingerprint density at radius 1 is 1.21 bits per heavy atom. The molecule has 0 saturated heterocycles. The van der Waals surface area contributed by atoms with Gasteiger partial charge in [-0.05, 0) is 46.9 Å². The number of benzene rings is 1. The van der Waals surface area contributed by atoms with Crippen LogP contribution in [0.2, 0.25) is 0 Å². The molecule has 0 heterocycles. The highest BCUT2D eigenvalue weighted by atomic mass is 16.5. The normalized spacial score (nSPS) is 13.9. The number of rotatable bonds is 9. The molecule has 0 fully saturated rings. The van der Waals surface area contributed by atoms with Gasteiger partial charge in [-0.15, -0.1) is 0 Å². The lowest BCUT2D eigenvalue weighted by molar-refractivity contribution is 0.0310. The number of nitrogens with zero attached hydrogens (tertiary/aromatic N) is 2. The highest BCUT2D eigenvalue weighted by Gasteiger charge is 2.17. The van der Waals surface area contributed by atoms with E-state index in [0.717, 1.165) is 25.5 Å². The molecule has 1 rings (SSSR count). The van der Waals surface area contributed by atoms with Gasteiger partial charge in [0.2, 0.25) is 0 Å². The maximum atomic E-state index is 5.44. The summed E-state index contributed by atoms with van der Waals surface area (Å²) in [6.45, 7) is 8.44. The molecule has 0 saturated carbocycles. The second-order valence-corrected chi connectivity index (χ2v) is 6.85. The van der Waals surface area contributed by atoms with E-state index in [-0.39, 0.29) is 5.60 Å². The molecule has 0 aliphatic carbocycles. The fourth-order valence-corrected chi connectivity index (χ4v) is 2.21. The maximum absolute atomic E-state index is 5.44. The molecule has 5 nitrogen and oxygen atoms in total. The van der Waals surface area contributed by atoms with E-state index in [9.17, 15) is 0 Å². The Hall–Kier alpha value is -1.59. The van der Waals surface area contributed by atoms with Gasteiger partial charge in [0.1, 0.15) is 0 Å². The van der Waals surface area contributed by atoms with E-state index in [0.29, 0.717) is 12.6 Å². The van der Waals surface area contributed by atoms with E-state index in [2.05, 4.69) is 71.9 Å². The molecule has 5 heteroatoms. The molecule has 136 valence electrons. The third-order valence-corrected chi connectivity index (χ3v) is 4.06. The summed E-state index contributed by atoms with van der Waals surface area (Å²) >= 11 is 0. The first-order chi connectivity index (χ1) is 11.4. The van der Waals surface area contributed by atoms with Crippen molar-refractivity contribution in [3.8, 4) is 0 Å². The molecule has 0 aromatic heterocycles. The van der Waals surface area contributed by atoms with Crippen LogP contribution in [0.25, 0.3) is 0 Å². The summed E-state index contributed by atoms with van der Waals surface area (Å²) in [5, 5.41) is 6.76. The van der Waals surface area contributed by atoms with Crippen LogP contribution >= 0.6 is 0 Å². The third-order valence-electron chi connectivity index (χ3n) is 4.06. The fraction of sp³-hybridized carbons (Fsp3) is 0.632. The van der Waals surface area contributed by atoms with Crippen LogP contribution in [0.1, 0.15) is 26.3 Å². The number of guanidine groups is 1. The van der Waals surface area contributed by atoms with Gasteiger partial charge in [-0.1, -0.05) is 30.3 Å². The van der Waals surface area contributed by atoms with Crippen LogP contribution in [0.15, 0.2) is 35.3 Å². The molecule has 0 radical (unpaired) electrons. The van der Waals surface area contributed by atoms with Gasteiger partial charge in [-0.3, -0.25) is 4.99 Å². The highest BCUT2D eigenvalue weighted by Crippen LogP contribution is 2.08. The summed E-state index contributed by atoms with van der Waals surface area (Å²) in [5.41, 5.74) is 1.09. The first kappa shape index (κ1) is 20.5. The molecular formula is C19H34N4O. The quantitative estimate of drug-likeness (QED) is 0.537. The number of hydrogen-bond donors (Lipinski definition) is 2. The number of hydrogen-bond acceptors (Lipinski definition) is 3. The first-order valence-corrected chi connectivity index (χ1v) is 8.65. The summed E-state index contributed by atoms with van der Waals surface area (Å²) in [5.74, 6) is 0.836. The summed E-state index contributed by atoms with van der Waals surface area (Å²) in [6.07, 6.45) is 1.00. The molecule has 2 N–H and O–H groups in total. The molecule has 0 aliphatic rings. The van der Waals surface area contributed by atoms with Gasteiger partial charge in [0.15, 0.2) is 5.96 Å². The van der Waals surface area contributed by atoms with Crippen molar-refractivity contribution in [3.63, 3.8) is 0 Å². The van der Waals surface area contributed by atoms with E-state index >= 15 is 0 Å². The zero-order valence-electron chi connectivity index (χ0n) is 16.1. The van der Waals surface area contributed by atoms with E-state index in [4.69, 9.17) is 4.74 Å².